The molecule has 0 aliphatic carbocycles. The number of nitrogens with one attached hydrogen (secondary N) is 1. The topological polar surface area (TPSA) is 15.3 Å². The maximum absolute atomic E-state index is 3.29. The van der Waals surface area contributed by atoms with Gasteiger partial charge in [-0.1, -0.05) is 0 Å². The first-order valence-electron chi connectivity index (χ1n) is 5.73. The minimum atomic E-state index is 0. The number of likely N-dealkylation sites (N-methyl/N-ethyl adjacent to an activating group) is 1. The Morgan fingerprint density at radius 3 is 2.94 bits per heavy atom. The lowest BCUT2D eigenvalue weighted by Crippen LogP contribution is -2.36. The molecule has 1 unspecified atom stereocenters. The summed E-state index contributed by atoms with van der Waals surface area (Å²) in [7, 11) is 2.05. The summed E-state index contributed by atoms with van der Waals surface area (Å²) in [5.74, 6) is 0. The van der Waals surface area contributed by atoms with Gasteiger partial charge in [0.25, 0.3) is 0 Å². The molecule has 1 N–H and O–H groups in total. The molecule has 1 aromatic heterocycles. The Balaban J connectivity index is 0.00000128. The predicted octanol–water partition coefficient (Wildman–Crippen LogP) is 2.66. The van der Waals surface area contributed by atoms with E-state index in [1.54, 1.807) is 0 Å². The van der Waals surface area contributed by atoms with Gasteiger partial charge in [0.15, 0.2) is 0 Å². The van der Waals surface area contributed by atoms with Crippen molar-refractivity contribution in [2.75, 3.05) is 20.1 Å². The molecule has 4 heteroatoms. The fourth-order valence-electron chi connectivity index (χ4n) is 2.34. The van der Waals surface area contributed by atoms with Crippen LogP contribution in [-0.2, 0) is 6.54 Å². The van der Waals surface area contributed by atoms with Crippen molar-refractivity contribution in [3.05, 3.63) is 21.9 Å². The molecular weight excluding hydrogens is 240 g/mol. The fourth-order valence-corrected chi connectivity index (χ4v) is 3.26. The Morgan fingerprint density at radius 1 is 1.50 bits per heavy atom. The molecule has 0 bridgehead atoms. The van der Waals surface area contributed by atoms with E-state index < -0.39 is 0 Å². The number of thiophene rings is 1. The summed E-state index contributed by atoms with van der Waals surface area (Å²) in [5.41, 5.74) is 0. The smallest absolute Gasteiger partial charge is 0.0331 e. The van der Waals surface area contributed by atoms with Gasteiger partial charge in [-0.05, 0) is 45.5 Å². The monoisotopic (exact) mass is 260 g/mol. The summed E-state index contributed by atoms with van der Waals surface area (Å²) in [4.78, 5) is 5.55. The van der Waals surface area contributed by atoms with E-state index in [2.05, 4.69) is 29.3 Å². The maximum Gasteiger partial charge on any atom is 0.0331 e. The third-order valence-corrected chi connectivity index (χ3v) is 4.08. The van der Waals surface area contributed by atoms with E-state index in [9.17, 15) is 0 Å². The van der Waals surface area contributed by atoms with Crippen molar-refractivity contribution < 1.29 is 0 Å². The Labute approximate surface area is 108 Å². The molecule has 0 amide bonds. The van der Waals surface area contributed by atoms with Gasteiger partial charge in [0.05, 0.1) is 0 Å². The highest BCUT2D eigenvalue weighted by molar-refractivity contribution is 7.11. The largest absolute Gasteiger partial charge is 0.318 e. The molecule has 2 heterocycles. The highest BCUT2D eigenvalue weighted by Crippen LogP contribution is 2.23. The number of hydrogen-bond acceptors (Lipinski definition) is 3. The van der Waals surface area contributed by atoms with E-state index in [0.717, 1.165) is 19.1 Å². The van der Waals surface area contributed by atoms with Gasteiger partial charge in [-0.3, -0.25) is 4.90 Å². The van der Waals surface area contributed by atoms with Gasteiger partial charge < -0.3 is 5.32 Å². The van der Waals surface area contributed by atoms with Crippen LogP contribution in [-0.4, -0.2) is 31.1 Å². The normalized spacial score (nSPS) is 21.0. The molecule has 0 spiro atoms. The number of hydrogen-bond donors (Lipinski definition) is 1. The lowest BCUT2D eigenvalue weighted by molar-refractivity contribution is 0.244. The van der Waals surface area contributed by atoms with E-state index in [-0.39, 0.29) is 12.4 Å². The molecule has 16 heavy (non-hydrogen) atoms. The van der Waals surface area contributed by atoms with Crippen LogP contribution in [0.15, 0.2) is 12.1 Å². The van der Waals surface area contributed by atoms with Crippen LogP contribution in [0.2, 0.25) is 0 Å². The second kappa shape index (κ2) is 6.60. The molecule has 0 radical (unpaired) electrons. The van der Waals surface area contributed by atoms with E-state index in [4.69, 9.17) is 0 Å². The van der Waals surface area contributed by atoms with Crippen LogP contribution in [0.4, 0.5) is 0 Å². The molecule has 1 fully saturated rings. The van der Waals surface area contributed by atoms with Gasteiger partial charge in [0, 0.05) is 28.9 Å². The first kappa shape index (κ1) is 14.0. The quantitative estimate of drug-likeness (QED) is 0.896. The Morgan fingerprint density at radius 2 is 2.31 bits per heavy atom. The molecule has 1 aliphatic rings. The van der Waals surface area contributed by atoms with Crippen LogP contribution in [0.5, 0.6) is 0 Å². The molecule has 1 saturated heterocycles. The number of aryl methyl sites for hydroxylation is 1. The average Bonchev–Trinajstić information content (AvgIpc) is 2.78. The first-order valence-corrected chi connectivity index (χ1v) is 6.55. The predicted molar refractivity (Wildman–Crippen MR) is 73.7 cm³/mol. The van der Waals surface area contributed by atoms with Gasteiger partial charge in [-0.15, -0.1) is 23.7 Å². The lowest BCUT2D eigenvalue weighted by Gasteiger charge is -2.23. The Kier molecular flexibility index (Phi) is 5.76. The zero-order valence-electron chi connectivity index (χ0n) is 10.0. The molecule has 2 nitrogen and oxygen atoms in total. The van der Waals surface area contributed by atoms with E-state index in [1.165, 1.54) is 29.1 Å². The molecule has 0 saturated carbocycles. The van der Waals surface area contributed by atoms with E-state index >= 15 is 0 Å². The molecule has 1 aromatic rings. The second-order valence-corrected chi connectivity index (χ2v) is 5.71. The van der Waals surface area contributed by atoms with Gasteiger partial charge in [0.1, 0.15) is 0 Å². The van der Waals surface area contributed by atoms with Gasteiger partial charge in [0.2, 0.25) is 0 Å². The summed E-state index contributed by atoms with van der Waals surface area (Å²) in [6, 6.07) is 5.25. The van der Waals surface area contributed by atoms with Crippen molar-refractivity contribution >= 4 is 23.7 Å². The average molecular weight is 261 g/mol. The van der Waals surface area contributed by atoms with Crippen LogP contribution in [0, 0.1) is 6.92 Å². The van der Waals surface area contributed by atoms with Crippen LogP contribution >= 0.6 is 23.7 Å². The standard InChI is InChI=1S/C12H20N2S.ClH/c1-10-5-6-12(15-10)9-14-7-3-4-11(14)8-13-2;/h5-6,11,13H,3-4,7-9H2,1-2H3;1H. The third-order valence-electron chi connectivity index (χ3n) is 3.09. The molecule has 2 rings (SSSR count). The SMILES string of the molecule is CNCC1CCCN1Cc1ccc(C)s1.Cl. The van der Waals surface area contributed by atoms with Crippen molar-refractivity contribution in [2.45, 2.75) is 32.4 Å². The van der Waals surface area contributed by atoms with Crippen LogP contribution < -0.4 is 5.32 Å². The molecular formula is C12H21ClN2S. The molecule has 0 aromatic carbocycles. The van der Waals surface area contributed by atoms with Crippen molar-refractivity contribution in [1.82, 2.24) is 10.2 Å². The first-order chi connectivity index (χ1) is 7.29. The maximum atomic E-state index is 3.29. The van der Waals surface area contributed by atoms with Crippen molar-refractivity contribution in [1.29, 1.82) is 0 Å². The second-order valence-electron chi connectivity index (χ2n) is 4.34. The van der Waals surface area contributed by atoms with Crippen molar-refractivity contribution in [3.8, 4) is 0 Å². The van der Waals surface area contributed by atoms with Crippen LogP contribution in [0.3, 0.4) is 0 Å². The Hall–Kier alpha value is -0.0900. The summed E-state index contributed by atoms with van der Waals surface area (Å²) >= 11 is 1.93. The number of halogens is 1. The summed E-state index contributed by atoms with van der Waals surface area (Å²) in [6.45, 7) is 5.72. The van der Waals surface area contributed by atoms with Gasteiger partial charge >= 0.3 is 0 Å². The summed E-state index contributed by atoms with van der Waals surface area (Å²) in [5, 5.41) is 3.29. The fraction of sp³-hybridized carbons (Fsp3) is 0.667. The molecule has 92 valence electrons. The Bertz CT molecular complexity index is 314. The number of nitrogens with zero attached hydrogens (tertiary/aromatic N) is 1. The lowest BCUT2D eigenvalue weighted by atomic mass is 10.2. The highest BCUT2D eigenvalue weighted by atomic mass is 35.5. The van der Waals surface area contributed by atoms with E-state index in [1.807, 2.05) is 18.4 Å². The molecule has 1 aliphatic heterocycles. The van der Waals surface area contributed by atoms with Gasteiger partial charge in [-0.2, -0.15) is 0 Å². The number of rotatable bonds is 4. The van der Waals surface area contributed by atoms with Crippen molar-refractivity contribution in [2.24, 2.45) is 0 Å². The van der Waals surface area contributed by atoms with Crippen LogP contribution in [0.25, 0.3) is 0 Å². The highest BCUT2D eigenvalue weighted by Gasteiger charge is 2.23. The minimum Gasteiger partial charge on any atom is -0.318 e. The third kappa shape index (κ3) is 3.45. The van der Waals surface area contributed by atoms with Crippen molar-refractivity contribution in [3.63, 3.8) is 0 Å². The zero-order chi connectivity index (χ0) is 10.7. The zero-order valence-corrected chi connectivity index (χ0v) is 11.7. The van der Waals surface area contributed by atoms with E-state index in [0.29, 0.717) is 0 Å². The molecule has 1 atom stereocenters. The summed E-state index contributed by atoms with van der Waals surface area (Å²) < 4.78 is 0. The van der Waals surface area contributed by atoms with Gasteiger partial charge in [-0.25, -0.2) is 0 Å². The minimum absolute atomic E-state index is 0. The summed E-state index contributed by atoms with van der Waals surface area (Å²) in [6.07, 6.45) is 2.71. The number of likely N-dealkylation sites (tertiary alicyclic amines) is 1. The van der Waals surface area contributed by atoms with Crippen LogP contribution in [0.1, 0.15) is 22.6 Å².